The number of unbranched alkanes of at least 4 members (excludes halogenated alkanes) is 1. The van der Waals surface area contributed by atoms with Crippen molar-refractivity contribution < 1.29 is 14.3 Å². The molecule has 0 unspecified atom stereocenters. The van der Waals surface area contributed by atoms with Crippen LogP contribution >= 0.6 is 0 Å². The van der Waals surface area contributed by atoms with Gasteiger partial charge in [-0.2, -0.15) is 10.1 Å². The number of rotatable bonds is 11. The minimum absolute atomic E-state index is 0.186. The van der Waals surface area contributed by atoms with E-state index in [1.807, 2.05) is 10.9 Å². The zero-order chi connectivity index (χ0) is 27.9. The number of carbonyl (C=O) groups excluding carboxylic acids is 2. The third-order valence-electron chi connectivity index (χ3n) is 8.38. The first-order valence-corrected chi connectivity index (χ1v) is 14.1. The van der Waals surface area contributed by atoms with Crippen molar-refractivity contribution in [2.75, 3.05) is 49.2 Å². The molecule has 11 heteroatoms. The Morgan fingerprint density at radius 1 is 1.15 bits per heavy atom. The molecular formula is C29H36N8O3. The number of nitrogens with two attached hydrogens (primary N) is 1. The smallest absolute Gasteiger partial charge is 0.253 e. The third-order valence-corrected chi connectivity index (χ3v) is 8.38. The van der Waals surface area contributed by atoms with Crippen molar-refractivity contribution >= 4 is 40.3 Å². The number of hydrogen-bond donors (Lipinski definition) is 2. The van der Waals surface area contributed by atoms with E-state index in [-0.39, 0.29) is 17.8 Å². The Balaban J connectivity index is 1.06. The molecule has 40 heavy (non-hydrogen) atoms. The molecule has 6 rings (SSSR count). The second kappa shape index (κ2) is 10.4. The highest BCUT2D eigenvalue weighted by Crippen LogP contribution is 2.54. The minimum Gasteiger partial charge on any atom is -0.496 e. The normalized spacial score (nSPS) is 18.1. The molecular weight excluding hydrogens is 508 g/mol. The third kappa shape index (κ3) is 4.96. The zero-order valence-corrected chi connectivity index (χ0v) is 23.1. The topological polar surface area (TPSA) is 131 Å². The van der Waals surface area contributed by atoms with Crippen molar-refractivity contribution in [1.29, 1.82) is 0 Å². The molecule has 2 fully saturated rings. The van der Waals surface area contributed by atoms with Gasteiger partial charge in [0.2, 0.25) is 5.95 Å². The van der Waals surface area contributed by atoms with Crippen LogP contribution in [0.4, 0.5) is 17.5 Å². The van der Waals surface area contributed by atoms with Crippen LogP contribution < -0.4 is 20.7 Å². The number of nitrogens with one attached hydrogen (secondary N) is 1. The molecule has 0 radical (unpaired) electrons. The second-order valence-corrected chi connectivity index (χ2v) is 11.3. The van der Waals surface area contributed by atoms with Gasteiger partial charge in [-0.25, -0.2) is 4.98 Å². The van der Waals surface area contributed by atoms with Crippen molar-refractivity contribution in [3.05, 3.63) is 42.1 Å². The van der Waals surface area contributed by atoms with Gasteiger partial charge >= 0.3 is 0 Å². The Morgan fingerprint density at radius 2 is 1.93 bits per heavy atom. The van der Waals surface area contributed by atoms with Crippen LogP contribution in [0.3, 0.4) is 0 Å². The zero-order valence-electron chi connectivity index (χ0n) is 23.1. The van der Waals surface area contributed by atoms with Gasteiger partial charge in [0, 0.05) is 61.1 Å². The van der Waals surface area contributed by atoms with E-state index in [2.05, 4.69) is 45.3 Å². The van der Waals surface area contributed by atoms with Crippen molar-refractivity contribution in [3.8, 4) is 5.75 Å². The highest BCUT2D eigenvalue weighted by atomic mass is 16.5. The maximum absolute atomic E-state index is 11.8. The van der Waals surface area contributed by atoms with E-state index in [0.717, 1.165) is 68.7 Å². The van der Waals surface area contributed by atoms with E-state index < -0.39 is 0 Å². The largest absolute Gasteiger partial charge is 0.496 e. The summed E-state index contributed by atoms with van der Waals surface area (Å²) in [6, 6.07) is 6.36. The van der Waals surface area contributed by atoms with Crippen LogP contribution in [0.1, 0.15) is 44.6 Å². The maximum atomic E-state index is 11.8. The fraction of sp³-hybridized carbons (Fsp3) is 0.483. The predicted molar refractivity (Wildman–Crippen MR) is 153 cm³/mol. The molecule has 3 N–H and O–H groups in total. The number of fused-ring (bicyclic) bond motifs is 1. The maximum Gasteiger partial charge on any atom is 0.253 e. The van der Waals surface area contributed by atoms with Crippen LogP contribution in [0.5, 0.6) is 5.75 Å². The first kappa shape index (κ1) is 26.1. The van der Waals surface area contributed by atoms with Gasteiger partial charge in [-0.05, 0) is 37.7 Å². The van der Waals surface area contributed by atoms with Crippen molar-refractivity contribution in [1.82, 2.24) is 24.6 Å². The molecule has 1 saturated carbocycles. The molecule has 0 bridgehead atoms. The van der Waals surface area contributed by atoms with E-state index in [4.69, 9.17) is 15.6 Å². The summed E-state index contributed by atoms with van der Waals surface area (Å²) in [5, 5.41) is 8.08. The Hall–Kier alpha value is -4.15. The molecule has 3 aliphatic rings. The Morgan fingerprint density at radius 3 is 2.65 bits per heavy atom. The molecule has 0 atom stereocenters. The van der Waals surface area contributed by atoms with Gasteiger partial charge in [0.15, 0.2) is 11.3 Å². The average molecular weight is 545 g/mol. The lowest BCUT2D eigenvalue weighted by Gasteiger charge is -2.60. The molecule has 2 aliphatic heterocycles. The van der Waals surface area contributed by atoms with Crippen LogP contribution in [-0.2, 0) is 16.1 Å². The van der Waals surface area contributed by atoms with Gasteiger partial charge in [0.05, 0.1) is 19.9 Å². The fourth-order valence-electron chi connectivity index (χ4n) is 6.34. The van der Waals surface area contributed by atoms with E-state index in [0.29, 0.717) is 41.3 Å². The van der Waals surface area contributed by atoms with Crippen LogP contribution in [-0.4, -0.2) is 69.8 Å². The minimum atomic E-state index is -0.186. The number of nitrogens with zero attached hydrogens (tertiary/aromatic N) is 6. The standard InChI is InChI=1S/C29H36N8O3/c1-3-4-10-31-27-26-22(32-28(30)33-27)16-36(34-26)15-20-5-6-21(12-23(20)40-2)35-17-29(18-35)13-19(14-29)9-11-37-24(38)7-8-25(37)39/h5-8,12,16,19H,3-4,9-11,13-15,17-18H2,1-2H3,(H3,30,31,32,33). The first-order valence-electron chi connectivity index (χ1n) is 14.1. The molecule has 2 amide bonds. The number of amides is 2. The summed E-state index contributed by atoms with van der Waals surface area (Å²) in [5.74, 6) is 1.92. The summed E-state index contributed by atoms with van der Waals surface area (Å²) in [6.07, 6.45) is 9.93. The van der Waals surface area contributed by atoms with Gasteiger partial charge in [-0.3, -0.25) is 19.2 Å². The first-order chi connectivity index (χ1) is 19.4. The van der Waals surface area contributed by atoms with E-state index >= 15 is 0 Å². The van der Waals surface area contributed by atoms with Gasteiger partial charge in [0.25, 0.3) is 11.8 Å². The number of ether oxygens (including phenoxy) is 1. The molecule has 1 spiro atoms. The van der Waals surface area contributed by atoms with Crippen LogP contribution in [0.15, 0.2) is 36.5 Å². The van der Waals surface area contributed by atoms with E-state index in [1.54, 1.807) is 7.11 Å². The average Bonchev–Trinajstić information content (AvgIpc) is 3.44. The van der Waals surface area contributed by atoms with Gasteiger partial charge in [-0.1, -0.05) is 19.4 Å². The SMILES string of the molecule is CCCCNc1nc(N)nc2cn(Cc3ccc(N4CC5(CC(CCN6C(=O)C=CC6=O)C5)C4)cc3OC)nc12. The number of imide groups is 1. The second-order valence-electron chi connectivity index (χ2n) is 11.3. The Kier molecular flexibility index (Phi) is 6.81. The number of carbonyl (C=O) groups is 2. The van der Waals surface area contributed by atoms with Crippen molar-refractivity contribution in [3.63, 3.8) is 0 Å². The van der Waals surface area contributed by atoms with Crippen LogP contribution in [0.25, 0.3) is 11.0 Å². The lowest BCUT2D eigenvalue weighted by molar-refractivity contribution is -0.137. The quantitative estimate of drug-likeness (QED) is 0.276. The van der Waals surface area contributed by atoms with E-state index in [1.165, 1.54) is 17.1 Å². The van der Waals surface area contributed by atoms with Gasteiger partial charge in [0.1, 0.15) is 11.3 Å². The Bertz CT molecular complexity index is 1450. The summed E-state index contributed by atoms with van der Waals surface area (Å²) in [5.41, 5.74) is 9.90. The lowest BCUT2D eigenvalue weighted by atomic mass is 9.57. The summed E-state index contributed by atoms with van der Waals surface area (Å²) in [7, 11) is 1.70. The van der Waals surface area contributed by atoms with Crippen molar-refractivity contribution in [2.45, 2.75) is 45.6 Å². The number of anilines is 3. The monoisotopic (exact) mass is 544 g/mol. The number of benzene rings is 1. The van der Waals surface area contributed by atoms with Gasteiger partial charge < -0.3 is 20.7 Å². The molecule has 4 heterocycles. The molecule has 1 saturated heterocycles. The Labute approximate surface area is 233 Å². The number of methoxy groups -OCH3 is 1. The molecule has 2 aromatic heterocycles. The summed E-state index contributed by atoms with van der Waals surface area (Å²) >= 11 is 0. The number of aromatic nitrogens is 4. The molecule has 11 nitrogen and oxygen atoms in total. The number of hydrogen-bond acceptors (Lipinski definition) is 9. The van der Waals surface area contributed by atoms with Crippen LogP contribution in [0, 0.1) is 11.3 Å². The highest BCUT2D eigenvalue weighted by Gasteiger charge is 2.52. The van der Waals surface area contributed by atoms with E-state index in [9.17, 15) is 9.59 Å². The molecule has 210 valence electrons. The summed E-state index contributed by atoms with van der Waals surface area (Å²) < 4.78 is 7.63. The fourth-order valence-corrected chi connectivity index (χ4v) is 6.34. The number of nitrogen functional groups attached to an aromatic ring is 1. The van der Waals surface area contributed by atoms with Gasteiger partial charge in [-0.15, -0.1) is 0 Å². The van der Waals surface area contributed by atoms with Crippen molar-refractivity contribution in [2.24, 2.45) is 11.3 Å². The lowest BCUT2D eigenvalue weighted by Crippen LogP contribution is -2.62. The molecule has 1 aromatic carbocycles. The predicted octanol–water partition coefficient (Wildman–Crippen LogP) is 3.21. The molecule has 3 aromatic rings. The summed E-state index contributed by atoms with van der Waals surface area (Å²) in [6.45, 7) is 6.06. The molecule has 1 aliphatic carbocycles. The summed E-state index contributed by atoms with van der Waals surface area (Å²) in [4.78, 5) is 36.0. The highest BCUT2D eigenvalue weighted by molar-refractivity contribution is 6.12. The van der Waals surface area contributed by atoms with Crippen LogP contribution in [0.2, 0.25) is 0 Å².